The van der Waals surface area contributed by atoms with Crippen LogP contribution < -0.4 is 0 Å². The molecule has 19 heavy (non-hydrogen) atoms. The van der Waals surface area contributed by atoms with Gasteiger partial charge in [0.1, 0.15) is 6.10 Å². The normalized spacial score (nSPS) is 17.9. The lowest BCUT2D eigenvalue weighted by Crippen LogP contribution is -2.29. The smallest absolute Gasteiger partial charge is 0.335 e. The Labute approximate surface area is 114 Å². The molecule has 0 bridgehead atoms. The van der Waals surface area contributed by atoms with Gasteiger partial charge in [-0.05, 0) is 38.2 Å². The lowest BCUT2D eigenvalue weighted by molar-refractivity contribution is -0.163. The van der Waals surface area contributed by atoms with Crippen LogP contribution in [0, 0.1) is 0 Å². The third-order valence-corrected chi connectivity index (χ3v) is 3.51. The molecule has 0 aliphatic heterocycles. The molecule has 104 valence electrons. The first-order valence-corrected chi connectivity index (χ1v) is 7.12. The average Bonchev–Trinajstić information content (AvgIpc) is 2.47. The molecule has 1 saturated carbocycles. The monoisotopic (exact) mass is 262 g/mol. The largest absolute Gasteiger partial charge is 0.460 e. The zero-order valence-electron chi connectivity index (χ0n) is 11.5. The van der Waals surface area contributed by atoms with Crippen LogP contribution in [0.3, 0.4) is 0 Å². The van der Waals surface area contributed by atoms with Gasteiger partial charge in [0.15, 0.2) is 6.10 Å². The van der Waals surface area contributed by atoms with E-state index in [0.717, 1.165) is 31.2 Å². The van der Waals surface area contributed by atoms with Gasteiger partial charge in [0.2, 0.25) is 0 Å². The minimum Gasteiger partial charge on any atom is -0.460 e. The zero-order chi connectivity index (χ0) is 13.5. The number of esters is 1. The minimum atomic E-state index is -0.498. The van der Waals surface area contributed by atoms with E-state index >= 15 is 0 Å². The average molecular weight is 262 g/mol. The molecule has 3 heteroatoms. The van der Waals surface area contributed by atoms with Gasteiger partial charge < -0.3 is 9.47 Å². The second-order valence-electron chi connectivity index (χ2n) is 5.14. The fourth-order valence-electron chi connectivity index (χ4n) is 2.31. The van der Waals surface area contributed by atoms with Crippen molar-refractivity contribution in [3.05, 3.63) is 35.9 Å². The summed E-state index contributed by atoms with van der Waals surface area (Å²) in [6.45, 7) is 2.20. The van der Waals surface area contributed by atoms with Gasteiger partial charge in [0.25, 0.3) is 0 Å². The summed E-state index contributed by atoms with van der Waals surface area (Å²) in [4.78, 5) is 11.9. The van der Waals surface area contributed by atoms with Crippen molar-refractivity contribution in [1.29, 1.82) is 0 Å². The Bertz CT molecular complexity index is 382. The second-order valence-corrected chi connectivity index (χ2v) is 5.14. The molecular formula is C16H22O3. The number of hydrogen-bond donors (Lipinski definition) is 0. The summed E-state index contributed by atoms with van der Waals surface area (Å²) >= 11 is 0. The molecule has 1 unspecified atom stereocenters. The number of carbonyl (C=O) groups is 1. The van der Waals surface area contributed by atoms with Crippen LogP contribution in [-0.4, -0.2) is 18.2 Å². The highest BCUT2D eigenvalue weighted by Crippen LogP contribution is 2.21. The first-order chi connectivity index (χ1) is 9.25. The van der Waals surface area contributed by atoms with Crippen molar-refractivity contribution in [2.45, 2.75) is 57.8 Å². The van der Waals surface area contributed by atoms with E-state index < -0.39 is 6.10 Å². The van der Waals surface area contributed by atoms with Gasteiger partial charge in [0, 0.05) is 0 Å². The molecule has 0 heterocycles. The summed E-state index contributed by atoms with van der Waals surface area (Å²) in [5, 5.41) is 0. The summed E-state index contributed by atoms with van der Waals surface area (Å²) in [7, 11) is 0. The maximum Gasteiger partial charge on any atom is 0.335 e. The molecule has 0 spiro atoms. The van der Waals surface area contributed by atoms with Crippen LogP contribution in [0.1, 0.15) is 44.6 Å². The van der Waals surface area contributed by atoms with E-state index in [1.807, 2.05) is 30.3 Å². The molecule has 1 aromatic carbocycles. The summed E-state index contributed by atoms with van der Waals surface area (Å²) in [6, 6.07) is 9.86. The Morgan fingerprint density at radius 1 is 1.21 bits per heavy atom. The Morgan fingerprint density at radius 3 is 2.58 bits per heavy atom. The van der Waals surface area contributed by atoms with Crippen LogP contribution in [0.25, 0.3) is 0 Å². The SMILES string of the molecule is CC(OCc1ccccc1)C(=O)OC1CCCCC1. The van der Waals surface area contributed by atoms with Crippen molar-refractivity contribution in [3.8, 4) is 0 Å². The van der Waals surface area contributed by atoms with Crippen molar-refractivity contribution in [1.82, 2.24) is 0 Å². The van der Waals surface area contributed by atoms with Crippen molar-refractivity contribution in [2.75, 3.05) is 0 Å². The minimum absolute atomic E-state index is 0.101. The number of rotatable bonds is 5. The van der Waals surface area contributed by atoms with Crippen molar-refractivity contribution in [3.63, 3.8) is 0 Å². The third-order valence-electron chi connectivity index (χ3n) is 3.51. The van der Waals surface area contributed by atoms with Gasteiger partial charge in [-0.15, -0.1) is 0 Å². The molecule has 0 amide bonds. The molecule has 1 aliphatic rings. The number of carbonyl (C=O) groups excluding carboxylic acids is 1. The zero-order valence-corrected chi connectivity index (χ0v) is 11.5. The van der Waals surface area contributed by atoms with Crippen molar-refractivity contribution >= 4 is 5.97 Å². The topological polar surface area (TPSA) is 35.5 Å². The van der Waals surface area contributed by atoms with E-state index in [-0.39, 0.29) is 12.1 Å². The molecule has 2 rings (SSSR count). The fourth-order valence-corrected chi connectivity index (χ4v) is 2.31. The summed E-state index contributed by atoms with van der Waals surface area (Å²) in [5.41, 5.74) is 1.07. The van der Waals surface area contributed by atoms with Gasteiger partial charge in [0.05, 0.1) is 6.61 Å². The molecular weight excluding hydrogens is 240 g/mol. The molecule has 0 saturated heterocycles. The molecule has 1 fully saturated rings. The molecule has 1 atom stereocenters. The Morgan fingerprint density at radius 2 is 1.89 bits per heavy atom. The van der Waals surface area contributed by atoms with Crippen molar-refractivity contribution in [2.24, 2.45) is 0 Å². The summed E-state index contributed by atoms with van der Waals surface area (Å²) in [6.07, 6.45) is 5.18. The predicted molar refractivity (Wildman–Crippen MR) is 73.7 cm³/mol. The van der Waals surface area contributed by atoms with Gasteiger partial charge in [-0.25, -0.2) is 4.79 Å². The lowest BCUT2D eigenvalue weighted by atomic mass is 9.98. The number of ether oxygens (including phenoxy) is 2. The highest BCUT2D eigenvalue weighted by atomic mass is 16.6. The van der Waals surface area contributed by atoms with Gasteiger partial charge >= 0.3 is 5.97 Å². The van der Waals surface area contributed by atoms with E-state index in [4.69, 9.17) is 9.47 Å². The van der Waals surface area contributed by atoms with Gasteiger partial charge in [-0.1, -0.05) is 36.8 Å². The highest BCUT2D eigenvalue weighted by Gasteiger charge is 2.22. The quantitative estimate of drug-likeness (QED) is 0.762. The molecule has 0 radical (unpaired) electrons. The molecule has 0 N–H and O–H groups in total. The standard InChI is InChI=1S/C16H22O3/c1-13(18-12-14-8-4-2-5-9-14)16(17)19-15-10-6-3-7-11-15/h2,4-5,8-9,13,15H,3,6-7,10-12H2,1H3. The predicted octanol–water partition coefficient (Wildman–Crippen LogP) is 3.47. The van der Waals surface area contributed by atoms with Crippen LogP contribution in [0.5, 0.6) is 0 Å². The van der Waals surface area contributed by atoms with Gasteiger partial charge in [-0.2, -0.15) is 0 Å². The number of benzene rings is 1. The van der Waals surface area contributed by atoms with E-state index in [9.17, 15) is 4.79 Å². The van der Waals surface area contributed by atoms with E-state index in [2.05, 4.69) is 0 Å². The molecule has 1 aromatic rings. The van der Waals surface area contributed by atoms with Crippen LogP contribution in [0.4, 0.5) is 0 Å². The first-order valence-electron chi connectivity index (χ1n) is 7.12. The Hall–Kier alpha value is -1.35. The van der Waals surface area contributed by atoms with E-state index in [1.165, 1.54) is 6.42 Å². The molecule has 1 aliphatic carbocycles. The maximum absolute atomic E-state index is 11.9. The van der Waals surface area contributed by atoms with Crippen molar-refractivity contribution < 1.29 is 14.3 Å². The first kappa shape index (κ1) is 14.1. The summed E-state index contributed by atoms with van der Waals surface area (Å²) < 4.78 is 11.0. The Balaban J connectivity index is 1.72. The lowest BCUT2D eigenvalue weighted by Gasteiger charge is -2.23. The molecule has 0 aromatic heterocycles. The third kappa shape index (κ3) is 4.67. The van der Waals surface area contributed by atoms with E-state index in [0.29, 0.717) is 6.61 Å². The number of hydrogen-bond acceptors (Lipinski definition) is 3. The summed E-state index contributed by atoms with van der Waals surface area (Å²) in [5.74, 6) is -0.233. The highest BCUT2D eigenvalue weighted by molar-refractivity contribution is 5.74. The van der Waals surface area contributed by atoms with Crippen LogP contribution in [0.2, 0.25) is 0 Å². The maximum atomic E-state index is 11.9. The fraction of sp³-hybridized carbons (Fsp3) is 0.562. The molecule has 3 nitrogen and oxygen atoms in total. The van der Waals surface area contributed by atoms with Crippen LogP contribution in [-0.2, 0) is 20.9 Å². The van der Waals surface area contributed by atoms with Crippen LogP contribution >= 0.6 is 0 Å². The van der Waals surface area contributed by atoms with E-state index in [1.54, 1.807) is 6.92 Å². The van der Waals surface area contributed by atoms with Crippen LogP contribution in [0.15, 0.2) is 30.3 Å². The second kappa shape index (κ2) is 7.29. The van der Waals surface area contributed by atoms with Gasteiger partial charge in [-0.3, -0.25) is 0 Å². The Kier molecular flexibility index (Phi) is 5.40.